The van der Waals surface area contributed by atoms with Gasteiger partial charge in [0.25, 0.3) is 10.2 Å². The van der Waals surface area contributed by atoms with Crippen LogP contribution in [0.4, 0.5) is 9.57 Å². The quantitative estimate of drug-likeness (QED) is 0.738. The lowest BCUT2D eigenvalue weighted by Gasteiger charge is -2.06. The SMILES string of the molecule is NS(=O)(=O)Nc1ccccc1S(=O)(=O)F. The van der Waals surface area contributed by atoms with E-state index < -0.39 is 31.0 Å². The van der Waals surface area contributed by atoms with Crippen molar-refractivity contribution in [2.45, 2.75) is 4.90 Å². The minimum Gasteiger partial charge on any atom is -0.270 e. The van der Waals surface area contributed by atoms with Crippen LogP contribution in [-0.4, -0.2) is 16.8 Å². The van der Waals surface area contributed by atoms with E-state index in [0.717, 1.165) is 12.1 Å². The average molecular weight is 254 g/mol. The number of hydrogen-bond donors (Lipinski definition) is 2. The van der Waals surface area contributed by atoms with Gasteiger partial charge in [-0.2, -0.15) is 16.8 Å². The maximum Gasteiger partial charge on any atom is 0.334 e. The van der Waals surface area contributed by atoms with Crippen molar-refractivity contribution >= 4 is 26.1 Å². The normalized spacial score (nSPS) is 12.4. The number of anilines is 1. The molecule has 0 atom stereocenters. The predicted octanol–water partition coefficient (Wildman–Crippen LogP) is -0.0398. The number of rotatable bonds is 3. The second kappa shape index (κ2) is 3.76. The standard InChI is InChI=1S/C6H7FN2O4S2/c7-14(10,11)6-4-2-1-3-5(6)9-15(8,12)13/h1-4,9H,(H2,8,12,13). The van der Waals surface area contributed by atoms with E-state index in [-0.39, 0.29) is 0 Å². The zero-order valence-corrected chi connectivity index (χ0v) is 8.85. The van der Waals surface area contributed by atoms with Gasteiger partial charge in [-0.1, -0.05) is 12.1 Å². The first-order chi connectivity index (χ1) is 6.70. The third-order valence-electron chi connectivity index (χ3n) is 1.40. The largest absolute Gasteiger partial charge is 0.334 e. The van der Waals surface area contributed by atoms with E-state index in [1.165, 1.54) is 12.1 Å². The fraction of sp³-hybridized carbons (Fsp3) is 0. The van der Waals surface area contributed by atoms with Crippen molar-refractivity contribution < 1.29 is 20.7 Å². The van der Waals surface area contributed by atoms with Crippen molar-refractivity contribution in [3.63, 3.8) is 0 Å². The molecule has 1 aromatic rings. The molecule has 9 heteroatoms. The Hall–Kier alpha value is -1.19. The summed E-state index contributed by atoms with van der Waals surface area (Å²) < 4.78 is 56.8. The van der Waals surface area contributed by atoms with Gasteiger partial charge in [-0.15, -0.1) is 3.89 Å². The van der Waals surface area contributed by atoms with Crippen LogP contribution in [0.15, 0.2) is 29.2 Å². The molecule has 0 unspecified atom stereocenters. The van der Waals surface area contributed by atoms with Crippen LogP contribution in [0.25, 0.3) is 0 Å². The molecule has 0 radical (unpaired) electrons. The molecule has 0 saturated carbocycles. The third-order valence-corrected chi connectivity index (χ3v) is 2.79. The van der Waals surface area contributed by atoms with Gasteiger partial charge >= 0.3 is 10.2 Å². The lowest BCUT2D eigenvalue weighted by molar-refractivity contribution is 0.552. The van der Waals surface area contributed by atoms with Crippen LogP contribution >= 0.6 is 0 Å². The average Bonchev–Trinajstić information content (AvgIpc) is 1.99. The molecule has 1 rings (SSSR count). The van der Waals surface area contributed by atoms with E-state index in [4.69, 9.17) is 0 Å². The fourth-order valence-corrected chi connectivity index (χ4v) is 2.09. The number of halogens is 1. The highest BCUT2D eigenvalue weighted by molar-refractivity contribution is 7.90. The summed E-state index contributed by atoms with van der Waals surface area (Å²) in [5.41, 5.74) is -0.428. The number of nitrogens with two attached hydrogens (primary N) is 1. The Balaban J connectivity index is 3.32. The second-order valence-electron chi connectivity index (χ2n) is 2.58. The highest BCUT2D eigenvalue weighted by atomic mass is 32.3. The molecule has 0 saturated heterocycles. The molecule has 0 aromatic heterocycles. The smallest absolute Gasteiger partial charge is 0.270 e. The van der Waals surface area contributed by atoms with Gasteiger partial charge in [0.2, 0.25) is 0 Å². The minimum absolute atomic E-state index is 0.428. The molecular formula is C6H7FN2O4S2. The molecule has 15 heavy (non-hydrogen) atoms. The summed E-state index contributed by atoms with van der Waals surface area (Å²) in [5, 5.41) is 4.62. The van der Waals surface area contributed by atoms with Crippen LogP contribution < -0.4 is 9.86 Å². The molecular weight excluding hydrogens is 247 g/mol. The van der Waals surface area contributed by atoms with Gasteiger partial charge in [0.05, 0.1) is 5.69 Å². The monoisotopic (exact) mass is 254 g/mol. The Morgan fingerprint density at radius 1 is 1.13 bits per heavy atom. The minimum atomic E-state index is -4.99. The van der Waals surface area contributed by atoms with Gasteiger partial charge < -0.3 is 0 Å². The first-order valence-electron chi connectivity index (χ1n) is 3.54. The fourth-order valence-electron chi connectivity index (χ4n) is 0.917. The summed E-state index contributed by atoms with van der Waals surface area (Å²) in [6.07, 6.45) is 0. The molecule has 0 aliphatic carbocycles. The summed E-state index contributed by atoms with van der Waals surface area (Å²) in [6.45, 7) is 0. The van der Waals surface area contributed by atoms with E-state index in [2.05, 4.69) is 5.14 Å². The maximum absolute atomic E-state index is 12.7. The highest BCUT2D eigenvalue weighted by Crippen LogP contribution is 2.22. The molecule has 0 amide bonds. The Bertz CT molecular complexity index is 567. The van der Waals surface area contributed by atoms with Crippen molar-refractivity contribution in [2.75, 3.05) is 4.72 Å². The molecule has 0 bridgehead atoms. The van der Waals surface area contributed by atoms with Gasteiger partial charge in [-0.25, -0.2) is 5.14 Å². The van der Waals surface area contributed by atoms with Crippen molar-refractivity contribution in [2.24, 2.45) is 5.14 Å². The molecule has 0 spiro atoms. The van der Waals surface area contributed by atoms with Crippen LogP contribution in [0.5, 0.6) is 0 Å². The first kappa shape index (κ1) is 11.9. The van der Waals surface area contributed by atoms with Gasteiger partial charge in [0.1, 0.15) is 4.90 Å². The molecule has 0 fully saturated rings. The summed E-state index contributed by atoms with van der Waals surface area (Å²) in [5.74, 6) is 0. The maximum atomic E-state index is 12.7. The van der Waals surface area contributed by atoms with Crippen molar-refractivity contribution in [1.82, 2.24) is 0 Å². The van der Waals surface area contributed by atoms with Crippen LogP contribution in [0.2, 0.25) is 0 Å². The second-order valence-corrected chi connectivity index (χ2v) is 5.19. The molecule has 6 nitrogen and oxygen atoms in total. The molecule has 0 aliphatic heterocycles. The summed E-state index contributed by atoms with van der Waals surface area (Å²) >= 11 is 0. The van der Waals surface area contributed by atoms with Gasteiger partial charge in [-0.3, -0.25) is 4.72 Å². The molecule has 1 aromatic carbocycles. The summed E-state index contributed by atoms with van der Waals surface area (Å²) in [6, 6.07) is 4.59. The zero-order valence-electron chi connectivity index (χ0n) is 7.21. The van der Waals surface area contributed by atoms with Crippen LogP contribution in [0.3, 0.4) is 0 Å². The topological polar surface area (TPSA) is 106 Å². The first-order valence-corrected chi connectivity index (χ1v) is 6.47. The number of para-hydroxylation sites is 1. The molecule has 0 aliphatic rings. The molecule has 3 N–H and O–H groups in total. The van der Waals surface area contributed by atoms with Gasteiger partial charge in [0.15, 0.2) is 0 Å². The molecule has 0 heterocycles. The van der Waals surface area contributed by atoms with E-state index in [1.54, 1.807) is 4.72 Å². The lowest BCUT2D eigenvalue weighted by atomic mass is 10.3. The molecule has 84 valence electrons. The van der Waals surface area contributed by atoms with E-state index >= 15 is 0 Å². The lowest BCUT2D eigenvalue weighted by Crippen LogP contribution is -2.22. The predicted molar refractivity (Wildman–Crippen MR) is 51.5 cm³/mol. The highest BCUT2D eigenvalue weighted by Gasteiger charge is 2.18. The third kappa shape index (κ3) is 3.46. The van der Waals surface area contributed by atoms with Crippen LogP contribution in [0.1, 0.15) is 0 Å². The van der Waals surface area contributed by atoms with E-state index in [1.807, 2.05) is 0 Å². The van der Waals surface area contributed by atoms with Crippen molar-refractivity contribution in [3.8, 4) is 0 Å². The summed E-state index contributed by atoms with van der Waals surface area (Å²) in [7, 11) is -9.13. The summed E-state index contributed by atoms with van der Waals surface area (Å²) in [4.78, 5) is -0.779. The zero-order chi connectivity index (χ0) is 11.7. The Morgan fingerprint density at radius 3 is 2.13 bits per heavy atom. The van der Waals surface area contributed by atoms with Crippen molar-refractivity contribution in [1.29, 1.82) is 0 Å². The van der Waals surface area contributed by atoms with E-state index in [9.17, 15) is 20.7 Å². The Morgan fingerprint density at radius 2 is 1.67 bits per heavy atom. The van der Waals surface area contributed by atoms with Crippen molar-refractivity contribution in [3.05, 3.63) is 24.3 Å². The number of nitrogens with one attached hydrogen (secondary N) is 1. The number of benzene rings is 1. The van der Waals surface area contributed by atoms with E-state index in [0.29, 0.717) is 0 Å². The van der Waals surface area contributed by atoms with Crippen LogP contribution in [0, 0.1) is 0 Å². The van der Waals surface area contributed by atoms with Gasteiger partial charge in [-0.05, 0) is 12.1 Å². The number of hydrogen-bond acceptors (Lipinski definition) is 4. The van der Waals surface area contributed by atoms with Gasteiger partial charge in [0, 0.05) is 0 Å². The Kier molecular flexibility index (Phi) is 2.98. The Labute approximate surface area is 86.3 Å². The van der Waals surface area contributed by atoms with Crippen LogP contribution in [-0.2, 0) is 20.4 Å².